The Balaban J connectivity index is 1.31. The summed E-state index contributed by atoms with van der Waals surface area (Å²) in [5, 5.41) is 3.33. The van der Waals surface area contributed by atoms with Gasteiger partial charge in [-0.05, 0) is 62.9 Å². The molecule has 3 aliphatic rings. The molecular formula is C16H27NO2. The quantitative estimate of drug-likeness (QED) is 0.802. The SMILES string of the molecule is O=C(CCOC1CCNCC1)CC1CC2CCC1C2. The zero-order valence-electron chi connectivity index (χ0n) is 11.9. The van der Waals surface area contributed by atoms with Crippen LogP contribution < -0.4 is 5.32 Å². The van der Waals surface area contributed by atoms with E-state index < -0.39 is 0 Å². The first-order valence-corrected chi connectivity index (χ1v) is 8.15. The van der Waals surface area contributed by atoms with Gasteiger partial charge in [-0.15, -0.1) is 0 Å². The maximum Gasteiger partial charge on any atom is 0.135 e. The molecule has 0 aromatic carbocycles. The lowest BCUT2D eigenvalue weighted by Crippen LogP contribution is -2.32. The Kier molecular flexibility index (Phi) is 4.54. The van der Waals surface area contributed by atoms with Crippen LogP contribution in [0.1, 0.15) is 51.4 Å². The van der Waals surface area contributed by atoms with Crippen molar-refractivity contribution in [2.45, 2.75) is 57.5 Å². The van der Waals surface area contributed by atoms with Gasteiger partial charge in [0.1, 0.15) is 5.78 Å². The molecule has 0 spiro atoms. The summed E-state index contributed by atoms with van der Waals surface area (Å²) in [6.07, 6.45) is 9.59. The predicted molar refractivity (Wildman–Crippen MR) is 75.0 cm³/mol. The lowest BCUT2D eigenvalue weighted by atomic mass is 9.85. The highest BCUT2D eigenvalue weighted by molar-refractivity contribution is 5.78. The third-order valence-corrected chi connectivity index (χ3v) is 5.40. The Morgan fingerprint density at radius 1 is 1.11 bits per heavy atom. The van der Waals surface area contributed by atoms with Gasteiger partial charge in [0.2, 0.25) is 0 Å². The zero-order chi connectivity index (χ0) is 13.1. The largest absolute Gasteiger partial charge is 0.378 e. The molecule has 2 aliphatic carbocycles. The number of piperidine rings is 1. The molecule has 3 fully saturated rings. The van der Waals surface area contributed by atoms with Crippen LogP contribution in [0.3, 0.4) is 0 Å². The molecule has 3 nitrogen and oxygen atoms in total. The van der Waals surface area contributed by atoms with E-state index in [4.69, 9.17) is 4.74 Å². The molecule has 3 heteroatoms. The standard InChI is InChI=1S/C16H27NO2/c18-15(5-8-19-16-3-6-17-7-4-16)11-14-10-12-1-2-13(14)9-12/h12-14,16-17H,1-11H2. The van der Waals surface area contributed by atoms with Crippen LogP contribution in [0.25, 0.3) is 0 Å². The van der Waals surface area contributed by atoms with Gasteiger partial charge in [-0.1, -0.05) is 6.42 Å². The Morgan fingerprint density at radius 3 is 2.63 bits per heavy atom. The number of ether oxygens (including phenoxy) is 1. The summed E-state index contributed by atoms with van der Waals surface area (Å²) in [5.41, 5.74) is 0. The number of nitrogens with one attached hydrogen (secondary N) is 1. The second-order valence-corrected chi connectivity index (χ2v) is 6.75. The zero-order valence-corrected chi connectivity index (χ0v) is 11.9. The van der Waals surface area contributed by atoms with E-state index in [0.29, 0.717) is 30.8 Å². The second kappa shape index (κ2) is 6.36. The Hall–Kier alpha value is -0.410. The van der Waals surface area contributed by atoms with Gasteiger partial charge in [-0.3, -0.25) is 4.79 Å². The molecule has 3 rings (SSSR count). The molecule has 0 radical (unpaired) electrons. The second-order valence-electron chi connectivity index (χ2n) is 6.75. The molecule has 1 N–H and O–H groups in total. The third kappa shape index (κ3) is 3.57. The van der Waals surface area contributed by atoms with E-state index in [2.05, 4.69) is 5.32 Å². The highest BCUT2D eigenvalue weighted by Gasteiger charge is 2.39. The molecule has 0 amide bonds. The molecule has 0 aromatic rings. The Bertz CT molecular complexity index is 312. The van der Waals surface area contributed by atoms with Gasteiger partial charge in [0, 0.05) is 12.8 Å². The lowest BCUT2D eigenvalue weighted by molar-refractivity contribution is -0.122. The Labute approximate surface area is 116 Å². The van der Waals surface area contributed by atoms with Crippen LogP contribution in [0.15, 0.2) is 0 Å². The monoisotopic (exact) mass is 265 g/mol. The normalized spacial score (nSPS) is 34.8. The fraction of sp³-hybridized carbons (Fsp3) is 0.938. The number of rotatable bonds is 6. The molecule has 1 aliphatic heterocycles. The summed E-state index contributed by atoms with van der Waals surface area (Å²) >= 11 is 0. The van der Waals surface area contributed by atoms with Crippen molar-refractivity contribution in [2.24, 2.45) is 17.8 Å². The number of fused-ring (bicyclic) bond motifs is 2. The van der Waals surface area contributed by atoms with E-state index in [1.54, 1.807) is 0 Å². The number of hydrogen-bond donors (Lipinski definition) is 1. The lowest BCUT2D eigenvalue weighted by Gasteiger charge is -2.23. The number of hydrogen-bond acceptors (Lipinski definition) is 3. The average molecular weight is 265 g/mol. The first-order chi connectivity index (χ1) is 9.31. The summed E-state index contributed by atoms with van der Waals surface area (Å²) in [6, 6.07) is 0. The minimum atomic E-state index is 0.386. The molecule has 19 heavy (non-hydrogen) atoms. The van der Waals surface area contributed by atoms with Gasteiger partial charge in [0.15, 0.2) is 0 Å². The number of Topliss-reactive ketones (excluding diaryl/α,β-unsaturated/α-hetero) is 1. The van der Waals surface area contributed by atoms with Gasteiger partial charge in [-0.2, -0.15) is 0 Å². The minimum Gasteiger partial charge on any atom is -0.378 e. The summed E-state index contributed by atoms with van der Waals surface area (Å²) in [7, 11) is 0. The highest BCUT2D eigenvalue weighted by atomic mass is 16.5. The first kappa shape index (κ1) is 13.6. The van der Waals surface area contributed by atoms with Crippen LogP contribution in [-0.4, -0.2) is 31.6 Å². The van der Waals surface area contributed by atoms with Gasteiger partial charge in [-0.25, -0.2) is 0 Å². The van der Waals surface area contributed by atoms with Gasteiger partial charge < -0.3 is 10.1 Å². The molecule has 3 unspecified atom stereocenters. The third-order valence-electron chi connectivity index (χ3n) is 5.40. The van der Waals surface area contributed by atoms with Crippen molar-refractivity contribution in [3.63, 3.8) is 0 Å². The molecular weight excluding hydrogens is 238 g/mol. The van der Waals surface area contributed by atoms with Crippen molar-refractivity contribution in [3.8, 4) is 0 Å². The molecule has 1 saturated heterocycles. The molecule has 0 aromatic heterocycles. The van der Waals surface area contributed by atoms with E-state index >= 15 is 0 Å². The van der Waals surface area contributed by atoms with Gasteiger partial charge in [0.05, 0.1) is 12.7 Å². The van der Waals surface area contributed by atoms with E-state index in [1.165, 1.54) is 25.7 Å². The summed E-state index contributed by atoms with van der Waals surface area (Å²) in [5.74, 6) is 2.98. The van der Waals surface area contributed by atoms with Crippen LogP contribution in [0, 0.1) is 17.8 Å². The first-order valence-electron chi connectivity index (χ1n) is 8.15. The highest BCUT2D eigenvalue weighted by Crippen LogP contribution is 2.49. The topological polar surface area (TPSA) is 38.3 Å². The number of carbonyl (C=O) groups is 1. The molecule has 1 heterocycles. The van der Waals surface area contributed by atoms with Gasteiger partial charge in [0.25, 0.3) is 0 Å². The minimum absolute atomic E-state index is 0.386. The van der Waals surface area contributed by atoms with E-state index in [9.17, 15) is 4.79 Å². The maximum atomic E-state index is 12.0. The number of carbonyl (C=O) groups excluding carboxylic acids is 1. The summed E-state index contributed by atoms with van der Waals surface area (Å²) < 4.78 is 5.82. The van der Waals surface area contributed by atoms with E-state index in [-0.39, 0.29) is 0 Å². The maximum absolute atomic E-state index is 12.0. The summed E-state index contributed by atoms with van der Waals surface area (Å²) in [4.78, 5) is 12.0. The molecule has 2 bridgehead atoms. The smallest absolute Gasteiger partial charge is 0.135 e. The fourth-order valence-electron chi connectivity index (χ4n) is 4.32. The predicted octanol–water partition coefficient (Wildman–Crippen LogP) is 2.54. The summed E-state index contributed by atoms with van der Waals surface area (Å²) in [6.45, 7) is 2.76. The van der Waals surface area contributed by atoms with Crippen LogP contribution in [-0.2, 0) is 9.53 Å². The van der Waals surface area contributed by atoms with Crippen molar-refractivity contribution < 1.29 is 9.53 Å². The molecule has 108 valence electrons. The van der Waals surface area contributed by atoms with Crippen LogP contribution in [0.2, 0.25) is 0 Å². The fourth-order valence-corrected chi connectivity index (χ4v) is 4.32. The Morgan fingerprint density at radius 2 is 1.95 bits per heavy atom. The van der Waals surface area contributed by atoms with Crippen molar-refractivity contribution in [1.29, 1.82) is 0 Å². The van der Waals surface area contributed by atoms with Crippen molar-refractivity contribution in [1.82, 2.24) is 5.32 Å². The van der Waals surface area contributed by atoms with Gasteiger partial charge >= 0.3 is 0 Å². The van der Waals surface area contributed by atoms with E-state index in [0.717, 1.165) is 44.2 Å². The van der Waals surface area contributed by atoms with Crippen molar-refractivity contribution in [2.75, 3.05) is 19.7 Å². The average Bonchev–Trinajstić information content (AvgIpc) is 3.02. The molecule has 2 saturated carbocycles. The molecule has 3 atom stereocenters. The van der Waals surface area contributed by atoms with E-state index in [1.807, 2.05) is 0 Å². The van der Waals surface area contributed by atoms with Crippen molar-refractivity contribution in [3.05, 3.63) is 0 Å². The number of ketones is 1. The van der Waals surface area contributed by atoms with Crippen LogP contribution in [0.4, 0.5) is 0 Å². The van der Waals surface area contributed by atoms with Crippen LogP contribution >= 0.6 is 0 Å². The van der Waals surface area contributed by atoms with Crippen molar-refractivity contribution >= 4 is 5.78 Å². The van der Waals surface area contributed by atoms with Crippen LogP contribution in [0.5, 0.6) is 0 Å².